The molecule has 1 heterocycles. The standard InChI is InChI=1S/C20H20N4O5S2/c1-29-16-5-3-2-4-13(16)12-17-19(26)24(20(21)30-17)11-10-18(25)23-14-6-8-15(9-7-14)31(22,27)28/h2-9,12,21H,10-11H2,1H3,(H,23,25)(H2,22,27,28)/b17-12-,21-20?. The van der Waals surface area contributed by atoms with Crippen molar-refractivity contribution in [3.8, 4) is 5.75 Å². The molecule has 3 rings (SSSR count). The summed E-state index contributed by atoms with van der Waals surface area (Å²) >= 11 is 1.02. The van der Waals surface area contributed by atoms with E-state index in [1.165, 1.54) is 36.3 Å². The van der Waals surface area contributed by atoms with Crippen LogP contribution in [0.1, 0.15) is 12.0 Å². The van der Waals surface area contributed by atoms with Crippen molar-refractivity contribution >= 4 is 50.5 Å². The Labute approximate surface area is 183 Å². The molecule has 0 atom stereocenters. The third kappa shape index (κ3) is 5.51. The largest absolute Gasteiger partial charge is 0.496 e. The van der Waals surface area contributed by atoms with E-state index >= 15 is 0 Å². The third-order valence-electron chi connectivity index (χ3n) is 4.36. The molecule has 2 amide bonds. The van der Waals surface area contributed by atoms with E-state index in [-0.39, 0.29) is 34.8 Å². The van der Waals surface area contributed by atoms with Gasteiger partial charge in [0.15, 0.2) is 5.17 Å². The number of methoxy groups -OCH3 is 1. The van der Waals surface area contributed by atoms with Gasteiger partial charge in [0.1, 0.15) is 5.75 Å². The highest BCUT2D eigenvalue weighted by Gasteiger charge is 2.32. The van der Waals surface area contributed by atoms with Gasteiger partial charge in [-0.3, -0.25) is 19.9 Å². The van der Waals surface area contributed by atoms with E-state index in [9.17, 15) is 18.0 Å². The van der Waals surface area contributed by atoms with Crippen LogP contribution in [0.3, 0.4) is 0 Å². The lowest BCUT2D eigenvalue weighted by Crippen LogP contribution is -2.32. The van der Waals surface area contributed by atoms with E-state index in [1.807, 2.05) is 12.1 Å². The molecule has 31 heavy (non-hydrogen) atoms. The van der Waals surface area contributed by atoms with Crippen molar-refractivity contribution in [1.82, 2.24) is 4.90 Å². The minimum atomic E-state index is -3.81. The average molecular weight is 461 g/mol. The molecular formula is C20H20N4O5S2. The van der Waals surface area contributed by atoms with E-state index in [2.05, 4.69) is 5.32 Å². The van der Waals surface area contributed by atoms with Gasteiger partial charge in [-0.15, -0.1) is 0 Å². The number of nitrogens with two attached hydrogens (primary N) is 1. The number of nitrogens with zero attached hydrogens (tertiary/aromatic N) is 1. The molecule has 1 aliphatic rings. The summed E-state index contributed by atoms with van der Waals surface area (Å²) < 4.78 is 27.8. The summed E-state index contributed by atoms with van der Waals surface area (Å²) in [5.41, 5.74) is 1.11. The Morgan fingerprint density at radius 3 is 2.55 bits per heavy atom. The van der Waals surface area contributed by atoms with Gasteiger partial charge in [-0.05, 0) is 48.2 Å². The maximum absolute atomic E-state index is 12.7. The molecule has 0 unspecified atom stereocenters. The molecular weight excluding hydrogens is 440 g/mol. The lowest BCUT2D eigenvalue weighted by molar-refractivity contribution is -0.122. The molecule has 0 aromatic heterocycles. The lowest BCUT2D eigenvalue weighted by atomic mass is 10.2. The number of primary sulfonamides is 1. The number of carbonyl (C=O) groups is 2. The Hall–Kier alpha value is -3.15. The predicted molar refractivity (Wildman–Crippen MR) is 119 cm³/mol. The number of hydrogen-bond acceptors (Lipinski definition) is 7. The Balaban J connectivity index is 1.61. The minimum absolute atomic E-state index is 0.0342. The number of anilines is 1. The number of amidine groups is 1. The van der Waals surface area contributed by atoms with Gasteiger partial charge in [-0.25, -0.2) is 13.6 Å². The van der Waals surface area contributed by atoms with Crippen LogP contribution in [-0.4, -0.2) is 44.0 Å². The second-order valence-electron chi connectivity index (χ2n) is 6.48. The van der Waals surface area contributed by atoms with Crippen LogP contribution in [-0.2, 0) is 19.6 Å². The van der Waals surface area contributed by atoms with Crippen LogP contribution in [0.2, 0.25) is 0 Å². The minimum Gasteiger partial charge on any atom is -0.496 e. The Kier molecular flexibility index (Phi) is 6.78. The number of para-hydroxylation sites is 1. The van der Waals surface area contributed by atoms with Gasteiger partial charge in [-0.2, -0.15) is 0 Å². The molecule has 0 radical (unpaired) electrons. The Bertz CT molecular complexity index is 1160. The zero-order valence-electron chi connectivity index (χ0n) is 16.5. The maximum atomic E-state index is 12.7. The molecule has 0 aliphatic carbocycles. The number of rotatable bonds is 7. The van der Waals surface area contributed by atoms with Crippen LogP contribution in [0.5, 0.6) is 5.75 Å². The molecule has 162 valence electrons. The molecule has 0 spiro atoms. The van der Waals surface area contributed by atoms with E-state index in [4.69, 9.17) is 15.3 Å². The molecule has 0 saturated carbocycles. The van der Waals surface area contributed by atoms with Crippen LogP contribution < -0.4 is 15.2 Å². The Morgan fingerprint density at radius 1 is 1.23 bits per heavy atom. The first-order chi connectivity index (χ1) is 14.7. The number of hydrogen-bond donors (Lipinski definition) is 3. The number of nitrogens with one attached hydrogen (secondary N) is 2. The first-order valence-corrected chi connectivity index (χ1v) is 11.4. The number of ether oxygens (including phenoxy) is 1. The van der Waals surface area contributed by atoms with E-state index in [0.717, 1.165) is 17.3 Å². The van der Waals surface area contributed by atoms with Gasteiger partial charge >= 0.3 is 0 Å². The van der Waals surface area contributed by atoms with Gasteiger partial charge in [0.2, 0.25) is 15.9 Å². The zero-order chi connectivity index (χ0) is 22.6. The number of sulfonamides is 1. The number of carbonyl (C=O) groups excluding carboxylic acids is 2. The zero-order valence-corrected chi connectivity index (χ0v) is 18.1. The average Bonchev–Trinajstić information content (AvgIpc) is 2.99. The highest BCUT2D eigenvalue weighted by Crippen LogP contribution is 2.33. The summed E-state index contributed by atoms with van der Waals surface area (Å²) in [4.78, 5) is 26.4. The van der Waals surface area contributed by atoms with Crippen molar-refractivity contribution in [1.29, 1.82) is 5.41 Å². The second-order valence-corrected chi connectivity index (χ2v) is 9.07. The molecule has 1 fully saturated rings. The highest BCUT2D eigenvalue weighted by atomic mass is 32.2. The fourth-order valence-electron chi connectivity index (χ4n) is 2.81. The normalized spacial score (nSPS) is 15.4. The first kappa shape index (κ1) is 22.5. The monoisotopic (exact) mass is 460 g/mol. The van der Waals surface area contributed by atoms with E-state index in [0.29, 0.717) is 16.3 Å². The second kappa shape index (κ2) is 9.33. The highest BCUT2D eigenvalue weighted by molar-refractivity contribution is 8.18. The van der Waals surface area contributed by atoms with Crippen molar-refractivity contribution in [3.63, 3.8) is 0 Å². The fourth-order valence-corrected chi connectivity index (χ4v) is 4.21. The van der Waals surface area contributed by atoms with Crippen molar-refractivity contribution in [3.05, 3.63) is 59.0 Å². The third-order valence-corrected chi connectivity index (χ3v) is 6.22. The first-order valence-electron chi connectivity index (χ1n) is 9.05. The number of benzene rings is 2. The van der Waals surface area contributed by atoms with Crippen LogP contribution >= 0.6 is 11.8 Å². The SMILES string of the molecule is COc1ccccc1/C=C1\SC(=N)N(CCC(=O)Nc2ccc(S(N)(=O)=O)cc2)C1=O. The van der Waals surface area contributed by atoms with Gasteiger partial charge in [-0.1, -0.05) is 18.2 Å². The Morgan fingerprint density at radius 2 is 1.90 bits per heavy atom. The van der Waals surface area contributed by atoms with Crippen molar-refractivity contribution < 1.29 is 22.7 Å². The molecule has 0 bridgehead atoms. The summed E-state index contributed by atoms with van der Waals surface area (Å²) in [6, 6.07) is 12.6. The molecule has 4 N–H and O–H groups in total. The van der Waals surface area contributed by atoms with Crippen molar-refractivity contribution in [2.75, 3.05) is 19.0 Å². The van der Waals surface area contributed by atoms with Crippen LogP contribution in [0.4, 0.5) is 5.69 Å². The maximum Gasteiger partial charge on any atom is 0.266 e. The molecule has 9 nitrogen and oxygen atoms in total. The molecule has 1 aliphatic heterocycles. The van der Waals surface area contributed by atoms with Gasteiger partial charge < -0.3 is 10.1 Å². The van der Waals surface area contributed by atoms with Crippen molar-refractivity contribution in [2.45, 2.75) is 11.3 Å². The van der Waals surface area contributed by atoms with Crippen molar-refractivity contribution in [2.24, 2.45) is 5.14 Å². The summed E-state index contributed by atoms with van der Waals surface area (Å²) in [5.74, 6) is -0.122. The molecule has 11 heteroatoms. The fraction of sp³-hybridized carbons (Fsp3) is 0.150. The van der Waals surface area contributed by atoms with Crippen LogP contribution in [0, 0.1) is 5.41 Å². The van der Waals surface area contributed by atoms with Gasteiger partial charge in [0, 0.05) is 24.2 Å². The summed E-state index contributed by atoms with van der Waals surface area (Å²) in [6.45, 7) is 0.0367. The van der Waals surface area contributed by atoms with Crippen LogP contribution in [0.15, 0.2) is 58.3 Å². The summed E-state index contributed by atoms with van der Waals surface area (Å²) in [6.07, 6.45) is 1.63. The lowest BCUT2D eigenvalue weighted by Gasteiger charge is -2.14. The van der Waals surface area contributed by atoms with Gasteiger partial charge in [0.25, 0.3) is 5.91 Å². The van der Waals surface area contributed by atoms with Crippen LogP contribution in [0.25, 0.3) is 6.08 Å². The smallest absolute Gasteiger partial charge is 0.266 e. The molecule has 2 aromatic rings. The van der Waals surface area contributed by atoms with Gasteiger partial charge in [0.05, 0.1) is 16.9 Å². The number of amides is 2. The molecule has 2 aromatic carbocycles. The number of thioether (sulfide) groups is 1. The van der Waals surface area contributed by atoms with E-state index < -0.39 is 10.0 Å². The summed E-state index contributed by atoms with van der Waals surface area (Å²) in [7, 11) is -2.27. The summed E-state index contributed by atoms with van der Waals surface area (Å²) in [5, 5.41) is 15.8. The topological polar surface area (TPSA) is 143 Å². The quantitative estimate of drug-likeness (QED) is 0.541. The van der Waals surface area contributed by atoms with E-state index in [1.54, 1.807) is 18.2 Å². The predicted octanol–water partition coefficient (Wildman–Crippen LogP) is 2.22. The molecule has 1 saturated heterocycles.